The van der Waals surface area contributed by atoms with Gasteiger partial charge in [0.15, 0.2) is 0 Å². The molecule has 0 unspecified atom stereocenters. The Hall–Kier alpha value is -2.91. The zero-order chi connectivity index (χ0) is 16.9. The summed E-state index contributed by atoms with van der Waals surface area (Å²) in [6, 6.07) is 28.8. The van der Waals surface area contributed by atoms with Crippen LogP contribution >= 0.6 is 11.8 Å². The highest BCUT2D eigenvalue weighted by Crippen LogP contribution is 2.39. The van der Waals surface area contributed by atoms with Crippen molar-refractivity contribution in [2.75, 3.05) is 0 Å². The Morgan fingerprint density at radius 2 is 0.920 bits per heavy atom. The molecule has 0 atom stereocenters. The fraction of sp³-hybridized carbons (Fsp3) is 0. The third-order valence-electron chi connectivity index (χ3n) is 3.88. The molecule has 0 radical (unpaired) electrons. The maximum Gasteiger partial charge on any atom is 0.0713 e. The first-order valence-corrected chi connectivity index (χ1v) is 8.92. The lowest BCUT2D eigenvalue weighted by atomic mass is 10.1. The van der Waals surface area contributed by atoms with E-state index >= 15 is 0 Å². The predicted octanol–water partition coefficient (Wildman–Crippen LogP) is 5.96. The predicted molar refractivity (Wildman–Crippen MR) is 103 cm³/mol. The molecule has 2 heterocycles. The standard InChI is InChI=1S/C22H16N2S/c1-3-13-21(17(9-1)19-11-5-7-15-23-19)25-22-14-4-2-10-18(22)20-12-6-8-16-24-20/h1-16H. The van der Waals surface area contributed by atoms with Crippen LogP contribution < -0.4 is 0 Å². The molecule has 0 spiro atoms. The monoisotopic (exact) mass is 340 g/mol. The topological polar surface area (TPSA) is 25.8 Å². The molecule has 0 amide bonds. The summed E-state index contributed by atoms with van der Waals surface area (Å²) in [7, 11) is 0. The number of benzene rings is 2. The quantitative estimate of drug-likeness (QED) is 0.458. The van der Waals surface area contributed by atoms with Crippen LogP contribution in [0.25, 0.3) is 22.5 Å². The van der Waals surface area contributed by atoms with Gasteiger partial charge in [-0.25, -0.2) is 0 Å². The second kappa shape index (κ2) is 7.32. The van der Waals surface area contributed by atoms with Crippen molar-refractivity contribution in [2.45, 2.75) is 9.79 Å². The van der Waals surface area contributed by atoms with Crippen molar-refractivity contribution in [1.82, 2.24) is 9.97 Å². The van der Waals surface area contributed by atoms with E-state index in [1.54, 1.807) is 11.8 Å². The van der Waals surface area contributed by atoms with Crippen molar-refractivity contribution >= 4 is 11.8 Å². The Morgan fingerprint density at radius 3 is 1.36 bits per heavy atom. The van der Waals surface area contributed by atoms with Crippen molar-refractivity contribution in [3.8, 4) is 22.5 Å². The van der Waals surface area contributed by atoms with Crippen molar-refractivity contribution < 1.29 is 0 Å². The van der Waals surface area contributed by atoms with Gasteiger partial charge in [-0.2, -0.15) is 0 Å². The van der Waals surface area contributed by atoms with Gasteiger partial charge in [-0.1, -0.05) is 60.3 Å². The fourth-order valence-corrected chi connectivity index (χ4v) is 3.79. The molecular weight excluding hydrogens is 324 g/mol. The molecule has 3 heteroatoms. The van der Waals surface area contributed by atoms with Gasteiger partial charge in [-0.3, -0.25) is 9.97 Å². The highest BCUT2D eigenvalue weighted by atomic mass is 32.2. The summed E-state index contributed by atoms with van der Waals surface area (Å²) < 4.78 is 0. The molecule has 0 saturated carbocycles. The molecule has 0 aliphatic carbocycles. The largest absolute Gasteiger partial charge is 0.256 e. The molecular formula is C22H16N2S. The maximum absolute atomic E-state index is 4.51. The van der Waals surface area contributed by atoms with Crippen molar-refractivity contribution in [1.29, 1.82) is 0 Å². The first-order valence-electron chi connectivity index (χ1n) is 8.10. The third-order valence-corrected chi connectivity index (χ3v) is 5.03. The second-order valence-electron chi connectivity index (χ2n) is 5.52. The molecule has 25 heavy (non-hydrogen) atoms. The van der Waals surface area contributed by atoms with Crippen LogP contribution in [-0.2, 0) is 0 Å². The van der Waals surface area contributed by atoms with E-state index in [1.165, 1.54) is 9.79 Å². The Labute approximate surface area is 151 Å². The summed E-state index contributed by atoms with van der Waals surface area (Å²) in [5, 5.41) is 0. The van der Waals surface area contributed by atoms with Crippen molar-refractivity contribution in [3.63, 3.8) is 0 Å². The molecule has 2 aromatic carbocycles. The highest BCUT2D eigenvalue weighted by molar-refractivity contribution is 7.99. The van der Waals surface area contributed by atoms with Gasteiger partial charge < -0.3 is 0 Å². The van der Waals surface area contributed by atoms with Gasteiger partial charge in [0.05, 0.1) is 11.4 Å². The number of pyridine rings is 2. The second-order valence-corrected chi connectivity index (χ2v) is 6.61. The van der Waals surface area contributed by atoms with E-state index in [9.17, 15) is 0 Å². The Bertz CT molecular complexity index is 888. The molecule has 0 bridgehead atoms. The maximum atomic E-state index is 4.51. The van der Waals surface area contributed by atoms with Gasteiger partial charge in [-0.05, 0) is 36.4 Å². The van der Waals surface area contributed by atoms with Crippen LogP contribution in [-0.4, -0.2) is 9.97 Å². The molecule has 0 aliphatic heterocycles. The van der Waals surface area contributed by atoms with Gasteiger partial charge in [0.2, 0.25) is 0 Å². The molecule has 4 aromatic rings. The van der Waals surface area contributed by atoms with E-state index in [4.69, 9.17) is 0 Å². The lowest BCUT2D eigenvalue weighted by Crippen LogP contribution is -1.88. The first kappa shape index (κ1) is 15.6. The lowest BCUT2D eigenvalue weighted by molar-refractivity contribution is 1.28. The van der Waals surface area contributed by atoms with Gasteiger partial charge in [0.25, 0.3) is 0 Å². The van der Waals surface area contributed by atoms with Crippen molar-refractivity contribution in [2.24, 2.45) is 0 Å². The third kappa shape index (κ3) is 3.47. The molecule has 2 aromatic heterocycles. The van der Waals surface area contributed by atoms with Crippen LogP contribution in [0.5, 0.6) is 0 Å². The normalized spacial score (nSPS) is 10.6. The smallest absolute Gasteiger partial charge is 0.0713 e. The fourth-order valence-electron chi connectivity index (χ4n) is 2.70. The molecule has 0 N–H and O–H groups in total. The SMILES string of the molecule is c1ccc(-c2ccccc2Sc2ccccc2-c2ccccn2)nc1. The van der Waals surface area contributed by atoms with Crippen LogP contribution in [0.2, 0.25) is 0 Å². The Kier molecular flexibility index (Phi) is 4.57. The molecule has 0 fully saturated rings. The average molecular weight is 340 g/mol. The molecule has 0 saturated heterocycles. The molecule has 2 nitrogen and oxygen atoms in total. The Morgan fingerprint density at radius 1 is 0.480 bits per heavy atom. The minimum Gasteiger partial charge on any atom is -0.256 e. The summed E-state index contributed by atoms with van der Waals surface area (Å²) in [5.41, 5.74) is 4.26. The van der Waals surface area contributed by atoms with Crippen molar-refractivity contribution in [3.05, 3.63) is 97.3 Å². The van der Waals surface area contributed by atoms with E-state index in [2.05, 4.69) is 58.5 Å². The molecule has 4 rings (SSSR count). The van der Waals surface area contributed by atoms with Gasteiger partial charge in [0, 0.05) is 33.3 Å². The zero-order valence-electron chi connectivity index (χ0n) is 13.5. The zero-order valence-corrected chi connectivity index (χ0v) is 14.4. The van der Waals surface area contributed by atoms with Crippen LogP contribution in [0.1, 0.15) is 0 Å². The van der Waals surface area contributed by atoms with E-state index < -0.39 is 0 Å². The Balaban J connectivity index is 1.76. The number of rotatable bonds is 4. The number of hydrogen-bond donors (Lipinski definition) is 0. The summed E-state index contributed by atoms with van der Waals surface area (Å²) in [4.78, 5) is 11.4. The number of hydrogen-bond acceptors (Lipinski definition) is 3. The van der Waals surface area contributed by atoms with E-state index in [-0.39, 0.29) is 0 Å². The number of aromatic nitrogens is 2. The summed E-state index contributed by atoms with van der Waals surface area (Å²) in [5.74, 6) is 0. The molecule has 0 aliphatic rings. The van der Waals surface area contributed by atoms with Crippen LogP contribution in [0.3, 0.4) is 0 Å². The molecule has 120 valence electrons. The highest BCUT2D eigenvalue weighted by Gasteiger charge is 2.11. The van der Waals surface area contributed by atoms with Gasteiger partial charge in [-0.15, -0.1) is 0 Å². The van der Waals surface area contributed by atoms with E-state index in [0.29, 0.717) is 0 Å². The van der Waals surface area contributed by atoms with Crippen LogP contribution in [0.15, 0.2) is 107 Å². The van der Waals surface area contributed by atoms with Crippen LogP contribution in [0.4, 0.5) is 0 Å². The van der Waals surface area contributed by atoms with Crippen LogP contribution in [0, 0.1) is 0 Å². The minimum absolute atomic E-state index is 0.987. The summed E-state index contributed by atoms with van der Waals surface area (Å²) in [6.45, 7) is 0. The van der Waals surface area contributed by atoms with E-state index in [0.717, 1.165) is 22.5 Å². The number of nitrogens with zero attached hydrogens (tertiary/aromatic N) is 2. The summed E-state index contributed by atoms with van der Waals surface area (Å²) >= 11 is 1.75. The summed E-state index contributed by atoms with van der Waals surface area (Å²) in [6.07, 6.45) is 3.66. The van der Waals surface area contributed by atoms with Gasteiger partial charge >= 0.3 is 0 Å². The lowest BCUT2D eigenvalue weighted by Gasteiger charge is -2.12. The van der Waals surface area contributed by atoms with E-state index in [1.807, 2.05) is 48.8 Å². The first-order chi connectivity index (χ1) is 12.4. The minimum atomic E-state index is 0.987. The average Bonchev–Trinajstić information content (AvgIpc) is 2.70. The van der Waals surface area contributed by atoms with Gasteiger partial charge in [0.1, 0.15) is 0 Å².